The zero-order valence-electron chi connectivity index (χ0n) is 15.1. The lowest BCUT2D eigenvalue weighted by Gasteiger charge is -2.25. The van der Waals surface area contributed by atoms with Gasteiger partial charge < -0.3 is 14.8 Å². The molecule has 1 N–H and O–H groups in total. The number of benzene rings is 1. The van der Waals surface area contributed by atoms with Gasteiger partial charge >= 0.3 is 12.1 Å². The molecule has 1 rings (SSSR count). The third-order valence-electron chi connectivity index (χ3n) is 3.38. The number of esters is 1. The van der Waals surface area contributed by atoms with E-state index in [1.165, 1.54) is 7.11 Å². The number of alkyl carbamates (subject to hydrolysis) is 1. The molecule has 0 aliphatic rings. The summed E-state index contributed by atoms with van der Waals surface area (Å²) in [5, 5.41) is 2.79. The molecular weight excluding hydrogens is 294 g/mol. The van der Waals surface area contributed by atoms with Crippen LogP contribution in [0.3, 0.4) is 0 Å². The van der Waals surface area contributed by atoms with Crippen molar-refractivity contribution in [2.75, 3.05) is 7.11 Å². The van der Waals surface area contributed by atoms with Gasteiger partial charge in [0.1, 0.15) is 5.60 Å². The Labute approximate surface area is 138 Å². The molecule has 0 aromatic heterocycles. The van der Waals surface area contributed by atoms with Crippen LogP contribution in [0, 0.1) is 20.8 Å². The number of ether oxygens (including phenoxy) is 2. The van der Waals surface area contributed by atoms with E-state index in [9.17, 15) is 9.59 Å². The first-order valence-corrected chi connectivity index (χ1v) is 7.67. The number of aryl methyl sites for hydroxylation is 3. The Morgan fingerprint density at radius 3 is 2.09 bits per heavy atom. The molecular formula is C18H27NO4. The fraction of sp³-hybridized carbons (Fsp3) is 0.556. The van der Waals surface area contributed by atoms with Crippen LogP contribution in [0.1, 0.15) is 55.5 Å². The molecule has 0 aliphatic carbocycles. The van der Waals surface area contributed by atoms with Gasteiger partial charge in [-0.05, 0) is 58.2 Å². The topological polar surface area (TPSA) is 64.6 Å². The number of amides is 1. The maximum Gasteiger partial charge on any atom is 0.408 e. The molecule has 0 radical (unpaired) electrons. The summed E-state index contributed by atoms with van der Waals surface area (Å²) in [4.78, 5) is 23.9. The van der Waals surface area contributed by atoms with E-state index in [4.69, 9.17) is 9.47 Å². The van der Waals surface area contributed by atoms with Crippen molar-refractivity contribution >= 4 is 12.1 Å². The van der Waals surface area contributed by atoms with Crippen LogP contribution in [0.25, 0.3) is 0 Å². The number of hydrogen-bond donors (Lipinski definition) is 1. The summed E-state index contributed by atoms with van der Waals surface area (Å²) in [5.74, 6) is -0.384. The Morgan fingerprint density at radius 2 is 1.65 bits per heavy atom. The van der Waals surface area contributed by atoms with Crippen LogP contribution in [0.4, 0.5) is 4.79 Å². The zero-order chi connectivity index (χ0) is 17.8. The molecule has 1 aromatic rings. The molecule has 23 heavy (non-hydrogen) atoms. The molecule has 0 heterocycles. The van der Waals surface area contributed by atoms with E-state index < -0.39 is 17.7 Å². The summed E-state index contributed by atoms with van der Waals surface area (Å²) < 4.78 is 10.1. The minimum atomic E-state index is -0.600. The van der Waals surface area contributed by atoms with Gasteiger partial charge in [-0.15, -0.1) is 0 Å². The highest BCUT2D eigenvalue weighted by Crippen LogP contribution is 2.27. The second kappa shape index (κ2) is 7.49. The van der Waals surface area contributed by atoms with Gasteiger partial charge in [0.25, 0.3) is 0 Å². The Balaban J connectivity index is 3.11. The normalized spacial score (nSPS) is 12.5. The summed E-state index contributed by atoms with van der Waals surface area (Å²) in [6, 6.07) is 3.57. The third-order valence-corrected chi connectivity index (χ3v) is 3.38. The summed E-state index contributed by atoms with van der Waals surface area (Å²) in [6.07, 6.45) is -0.494. The summed E-state index contributed by atoms with van der Waals surface area (Å²) in [6.45, 7) is 11.3. The van der Waals surface area contributed by atoms with Crippen molar-refractivity contribution in [3.63, 3.8) is 0 Å². The Hall–Kier alpha value is -2.04. The lowest BCUT2D eigenvalue weighted by Crippen LogP contribution is -2.36. The van der Waals surface area contributed by atoms with Gasteiger partial charge in [0, 0.05) is 0 Å². The van der Waals surface area contributed by atoms with Gasteiger partial charge in [-0.3, -0.25) is 4.79 Å². The molecule has 1 amide bonds. The maximum absolute atomic E-state index is 12.1. The van der Waals surface area contributed by atoms with Gasteiger partial charge in [-0.25, -0.2) is 4.79 Å². The summed E-state index contributed by atoms with van der Waals surface area (Å²) >= 11 is 0. The average Bonchev–Trinajstić information content (AvgIpc) is 2.34. The summed E-state index contributed by atoms with van der Waals surface area (Å²) in [7, 11) is 1.34. The molecule has 0 aliphatic heterocycles. The van der Waals surface area contributed by atoms with Gasteiger partial charge in [0.05, 0.1) is 19.6 Å². The van der Waals surface area contributed by atoms with E-state index in [-0.39, 0.29) is 12.4 Å². The molecule has 1 aromatic carbocycles. The number of rotatable bonds is 4. The minimum Gasteiger partial charge on any atom is -0.469 e. The monoisotopic (exact) mass is 321 g/mol. The highest BCUT2D eigenvalue weighted by molar-refractivity contribution is 5.73. The van der Waals surface area contributed by atoms with Gasteiger partial charge in [0.15, 0.2) is 0 Å². The molecule has 5 nitrogen and oxygen atoms in total. The van der Waals surface area contributed by atoms with Crippen LogP contribution in [0.5, 0.6) is 0 Å². The standard InChI is InChI=1S/C18H27NO4/c1-11-8-12(2)16(13(3)9-11)14(10-15(20)22-7)19-17(21)23-18(4,5)6/h8-9,14H,10H2,1-7H3,(H,19,21)/t14-/m0/s1. The van der Waals surface area contributed by atoms with Gasteiger partial charge in [-0.2, -0.15) is 0 Å². The fourth-order valence-electron chi connectivity index (χ4n) is 2.67. The first-order valence-electron chi connectivity index (χ1n) is 7.67. The molecule has 5 heteroatoms. The van der Waals surface area contributed by atoms with E-state index in [1.54, 1.807) is 20.8 Å². The zero-order valence-corrected chi connectivity index (χ0v) is 15.1. The molecule has 1 atom stereocenters. The quantitative estimate of drug-likeness (QED) is 0.858. The molecule has 0 spiro atoms. The van der Waals surface area contributed by atoms with Crippen molar-refractivity contribution in [3.8, 4) is 0 Å². The van der Waals surface area contributed by atoms with Crippen LogP contribution in [0.15, 0.2) is 12.1 Å². The van der Waals surface area contributed by atoms with E-state index in [1.807, 2.05) is 32.9 Å². The number of nitrogens with one attached hydrogen (secondary N) is 1. The van der Waals surface area contributed by atoms with Crippen LogP contribution < -0.4 is 5.32 Å². The molecule has 0 fully saturated rings. The number of hydrogen-bond acceptors (Lipinski definition) is 4. The highest BCUT2D eigenvalue weighted by Gasteiger charge is 2.25. The average molecular weight is 321 g/mol. The number of carbonyl (C=O) groups is 2. The molecule has 0 saturated heterocycles. The second-order valence-electron chi connectivity index (χ2n) is 6.79. The predicted molar refractivity (Wildman–Crippen MR) is 89.4 cm³/mol. The lowest BCUT2D eigenvalue weighted by atomic mass is 9.92. The predicted octanol–water partition coefficient (Wildman–Crippen LogP) is 3.74. The smallest absolute Gasteiger partial charge is 0.408 e. The molecule has 0 unspecified atom stereocenters. The van der Waals surface area contributed by atoms with E-state index in [0.29, 0.717) is 0 Å². The number of methoxy groups -OCH3 is 1. The minimum absolute atomic E-state index is 0.0560. The summed E-state index contributed by atoms with van der Waals surface area (Å²) in [5.41, 5.74) is 3.50. The number of carbonyl (C=O) groups excluding carboxylic acids is 2. The van der Waals surface area contributed by atoms with Crippen LogP contribution >= 0.6 is 0 Å². The van der Waals surface area contributed by atoms with E-state index in [0.717, 1.165) is 22.3 Å². The third kappa shape index (κ3) is 5.93. The molecule has 128 valence electrons. The van der Waals surface area contributed by atoms with Gasteiger partial charge in [0.2, 0.25) is 0 Å². The molecule has 0 saturated carbocycles. The van der Waals surface area contributed by atoms with Crippen molar-refractivity contribution in [2.24, 2.45) is 0 Å². The Bertz CT molecular complexity index is 564. The highest BCUT2D eigenvalue weighted by atomic mass is 16.6. The lowest BCUT2D eigenvalue weighted by molar-refractivity contribution is -0.141. The maximum atomic E-state index is 12.1. The Kier molecular flexibility index (Phi) is 6.19. The van der Waals surface area contributed by atoms with Crippen LogP contribution in [-0.2, 0) is 14.3 Å². The first kappa shape index (κ1) is 19.0. The second-order valence-corrected chi connectivity index (χ2v) is 6.79. The Morgan fingerprint density at radius 1 is 1.13 bits per heavy atom. The van der Waals surface area contributed by atoms with Crippen molar-refractivity contribution < 1.29 is 19.1 Å². The van der Waals surface area contributed by atoms with Crippen molar-refractivity contribution in [1.82, 2.24) is 5.32 Å². The van der Waals surface area contributed by atoms with E-state index >= 15 is 0 Å². The van der Waals surface area contributed by atoms with Crippen LogP contribution in [0.2, 0.25) is 0 Å². The first-order chi connectivity index (χ1) is 10.5. The largest absolute Gasteiger partial charge is 0.469 e. The van der Waals surface area contributed by atoms with Crippen LogP contribution in [-0.4, -0.2) is 24.8 Å². The van der Waals surface area contributed by atoms with Crippen molar-refractivity contribution in [2.45, 2.75) is 59.6 Å². The van der Waals surface area contributed by atoms with E-state index in [2.05, 4.69) is 5.32 Å². The fourth-order valence-corrected chi connectivity index (χ4v) is 2.67. The van der Waals surface area contributed by atoms with Crippen molar-refractivity contribution in [3.05, 3.63) is 34.4 Å². The SMILES string of the molecule is COC(=O)C[C@H](NC(=O)OC(C)(C)C)c1c(C)cc(C)cc1C. The van der Waals surface area contributed by atoms with Gasteiger partial charge in [-0.1, -0.05) is 17.7 Å². The molecule has 0 bridgehead atoms. The van der Waals surface area contributed by atoms with Crippen molar-refractivity contribution in [1.29, 1.82) is 0 Å².